The van der Waals surface area contributed by atoms with E-state index >= 15 is 0 Å². The van der Waals surface area contributed by atoms with Gasteiger partial charge in [-0.15, -0.1) is 0 Å². The number of hydrogen-bond donors (Lipinski definition) is 2. The van der Waals surface area contributed by atoms with Gasteiger partial charge < -0.3 is 19.5 Å². The van der Waals surface area contributed by atoms with Crippen molar-refractivity contribution in [3.63, 3.8) is 0 Å². The molecule has 0 aromatic heterocycles. The zero-order valence-corrected chi connectivity index (χ0v) is 33.6. The van der Waals surface area contributed by atoms with Gasteiger partial charge >= 0.3 is 18.0 Å². The minimum Gasteiger partial charge on any atom is -0.460 e. The van der Waals surface area contributed by atoms with Gasteiger partial charge in [0, 0.05) is 12.0 Å². The lowest BCUT2D eigenvalue weighted by Gasteiger charge is -2.28. The molecule has 0 bridgehead atoms. The van der Waals surface area contributed by atoms with Gasteiger partial charge in [-0.1, -0.05) is 154 Å². The Bertz CT molecular complexity index is 1910. The number of esters is 2. The number of hydrogen-bond acceptors (Lipinski definition) is 10. The highest BCUT2D eigenvalue weighted by Crippen LogP contribution is 2.37. The first-order chi connectivity index (χ1) is 27.6. The summed E-state index contributed by atoms with van der Waals surface area (Å²) in [7, 11) is 0. The van der Waals surface area contributed by atoms with Crippen LogP contribution in [0.2, 0.25) is 0 Å². The van der Waals surface area contributed by atoms with Crippen LogP contribution in [0.3, 0.4) is 0 Å². The molecule has 2 N–H and O–H groups in total. The first-order valence-corrected chi connectivity index (χ1v) is 20.2. The van der Waals surface area contributed by atoms with E-state index < -0.39 is 46.8 Å². The maximum Gasteiger partial charge on any atom is 0.407 e. The third-order valence-electron chi connectivity index (χ3n) is 9.11. The van der Waals surface area contributed by atoms with Crippen molar-refractivity contribution in [2.75, 3.05) is 6.54 Å². The molecule has 1 aliphatic heterocycles. The molecule has 0 radical (unpaired) electrons. The number of hydrazone groups is 1. The van der Waals surface area contributed by atoms with E-state index in [0.717, 1.165) is 22.3 Å². The van der Waals surface area contributed by atoms with Gasteiger partial charge in [0.15, 0.2) is 0 Å². The Morgan fingerprint density at radius 2 is 1.18 bits per heavy atom. The van der Waals surface area contributed by atoms with Crippen LogP contribution in [0.1, 0.15) is 68.7 Å². The number of aryl methyl sites for hydroxylation is 1. The standard InChI is InChI=1S/C45H52N4O7S/c1-45(2,3)43-48-49(40(57-43)42(52)55-31-35-22-12-6-13-23-35)39(50)37(26-16-17-29-46-44(53)56-32-36-24-14-7-15-25-36)47-38(28-27-33-18-8-4-9-19-33)41(51)54-30-34-20-10-5-11-21-34/h4-15,18-25,37-38,40,47H,16-17,26-32H2,1-3H3,(H,46,53)/t37-,38-,40-/m0/s1. The molecule has 0 fully saturated rings. The first-order valence-electron chi connectivity index (χ1n) is 19.3. The predicted octanol–water partition coefficient (Wildman–Crippen LogP) is 7.79. The monoisotopic (exact) mass is 792 g/mol. The maximum atomic E-state index is 14.7. The summed E-state index contributed by atoms with van der Waals surface area (Å²) in [4.78, 5) is 54.6. The molecule has 3 atom stereocenters. The molecule has 0 saturated carbocycles. The van der Waals surface area contributed by atoms with Crippen molar-refractivity contribution in [1.29, 1.82) is 0 Å². The van der Waals surface area contributed by atoms with Crippen molar-refractivity contribution in [3.8, 4) is 0 Å². The number of thioether (sulfide) groups is 1. The average molecular weight is 793 g/mol. The van der Waals surface area contributed by atoms with E-state index in [1.807, 2.05) is 142 Å². The van der Waals surface area contributed by atoms with E-state index in [2.05, 4.69) is 10.6 Å². The molecular formula is C45H52N4O7S. The highest BCUT2D eigenvalue weighted by molar-refractivity contribution is 8.15. The van der Waals surface area contributed by atoms with E-state index in [9.17, 15) is 19.2 Å². The molecule has 1 aliphatic rings. The second-order valence-electron chi connectivity index (χ2n) is 14.8. The fourth-order valence-corrected chi connectivity index (χ4v) is 7.06. The van der Waals surface area contributed by atoms with Gasteiger partial charge in [0.2, 0.25) is 5.37 Å². The molecule has 4 aromatic rings. The molecule has 0 unspecified atom stereocenters. The van der Waals surface area contributed by atoms with E-state index in [4.69, 9.17) is 19.3 Å². The minimum atomic E-state index is -1.06. The summed E-state index contributed by atoms with van der Waals surface area (Å²) in [6, 6.07) is 36.1. The van der Waals surface area contributed by atoms with Gasteiger partial charge in [-0.2, -0.15) is 5.10 Å². The van der Waals surface area contributed by atoms with Gasteiger partial charge in [0.05, 0.1) is 6.04 Å². The number of amides is 2. The Morgan fingerprint density at radius 3 is 1.72 bits per heavy atom. The summed E-state index contributed by atoms with van der Waals surface area (Å²) in [5.41, 5.74) is 3.11. The molecule has 300 valence electrons. The van der Waals surface area contributed by atoms with Crippen molar-refractivity contribution in [2.24, 2.45) is 10.5 Å². The molecule has 57 heavy (non-hydrogen) atoms. The van der Waals surface area contributed by atoms with E-state index in [1.165, 1.54) is 16.8 Å². The number of benzene rings is 4. The number of unbranched alkanes of at least 4 members (excludes halogenated alkanes) is 1. The van der Waals surface area contributed by atoms with Crippen LogP contribution in [0.5, 0.6) is 0 Å². The van der Waals surface area contributed by atoms with Crippen molar-refractivity contribution in [3.05, 3.63) is 144 Å². The highest BCUT2D eigenvalue weighted by atomic mass is 32.2. The lowest BCUT2D eigenvalue weighted by atomic mass is 9.99. The number of nitrogens with zero attached hydrogens (tertiary/aromatic N) is 2. The summed E-state index contributed by atoms with van der Waals surface area (Å²) in [6.45, 7) is 6.48. The topological polar surface area (TPSA) is 136 Å². The second kappa shape index (κ2) is 21.7. The summed E-state index contributed by atoms with van der Waals surface area (Å²) < 4.78 is 16.9. The van der Waals surface area contributed by atoms with Gasteiger partial charge in [0.1, 0.15) is 30.9 Å². The summed E-state index contributed by atoms with van der Waals surface area (Å²) >= 11 is 1.19. The Hall–Kier alpha value is -5.46. The fourth-order valence-electron chi connectivity index (χ4n) is 5.94. The second-order valence-corrected chi connectivity index (χ2v) is 15.8. The normalized spacial score (nSPS) is 14.9. The SMILES string of the molecule is CC(C)(C)C1=NN(C(=O)[C@H](CCCCNC(=O)OCc2ccccc2)N[C@@H](CCc2ccccc2)C(=O)OCc2ccccc2)[C@H](C(=O)OCc2ccccc2)S1. The van der Waals surface area contributed by atoms with Crippen LogP contribution in [-0.4, -0.2) is 58.0 Å². The molecule has 0 spiro atoms. The zero-order valence-electron chi connectivity index (χ0n) is 32.8. The molecule has 1 heterocycles. The van der Waals surface area contributed by atoms with Gasteiger partial charge in [-0.3, -0.25) is 14.9 Å². The Balaban J connectivity index is 1.33. The van der Waals surface area contributed by atoms with Crippen LogP contribution in [-0.2, 0) is 54.8 Å². The molecule has 2 amide bonds. The van der Waals surface area contributed by atoms with Crippen molar-refractivity contribution < 1.29 is 33.4 Å². The fraction of sp³-hybridized carbons (Fsp3) is 0.356. The van der Waals surface area contributed by atoms with Crippen LogP contribution in [0, 0.1) is 5.41 Å². The average Bonchev–Trinajstić information content (AvgIpc) is 3.70. The largest absolute Gasteiger partial charge is 0.460 e. The lowest BCUT2D eigenvalue weighted by molar-refractivity contribution is -0.153. The third-order valence-corrected chi connectivity index (χ3v) is 10.6. The van der Waals surface area contributed by atoms with Crippen LogP contribution in [0.25, 0.3) is 0 Å². The maximum absolute atomic E-state index is 14.7. The summed E-state index contributed by atoms with van der Waals surface area (Å²) in [5, 5.41) is 11.6. The Morgan fingerprint density at radius 1 is 0.667 bits per heavy atom. The molecule has 12 heteroatoms. The zero-order chi connectivity index (χ0) is 40.5. The van der Waals surface area contributed by atoms with Crippen LogP contribution in [0.4, 0.5) is 4.79 Å². The number of rotatable bonds is 19. The van der Waals surface area contributed by atoms with Crippen LogP contribution < -0.4 is 10.6 Å². The Labute approximate surface area is 339 Å². The molecule has 0 aliphatic carbocycles. The third kappa shape index (κ3) is 13.9. The quantitative estimate of drug-likeness (QED) is 0.0554. The van der Waals surface area contributed by atoms with Crippen LogP contribution in [0.15, 0.2) is 126 Å². The van der Waals surface area contributed by atoms with Gasteiger partial charge in [-0.05, 0) is 54.4 Å². The molecule has 4 aromatic carbocycles. The summed E-state index contributed by atoms with van der Waals surface area (Å²) in [6.07, 6.45) is 1.65. The number of carbonyl (C=O) groups excluding carboxylic acids is 4. The molecule has 0 saturated heterocycles. The molecule has 5 rings (SSSR count). The predicted molar refractivity (Wildman–Crippen MR) is 222 cm³/mol. The molecular weight excluding hydrogens is 741 g/mol. The smallest absolute Gasteiger partial charge is 0.407 e. The first kappa shape index (κ1) is 42.7. The Kier molecular flexibility index (Phi) is 16.3. The van der Waals surface area contributed by atoms with Crippen molar-refractivity contribution in [2.45, 2.75) is 90.2 Å². The number of ether oxygens (including phenoxy) is 3. The van der Waals surface area contributed by atoms with Crippen LogP contribution >= 0.6 is 11.8 Å². The van der Waals surface area contributed by atoms with E-state index in [0.29, 0.717) is 37.3 Å². The number of alkyl carbamates (subject to hydrolysis) is 1. The van der Waals surface area contributed by atoms with Gasteiger partial charge in [0.25, 0.3) is 5.91 Å². The number of nitrogens with one attached hydrogen (secondary N) is 2. The van der Waals surface area contributed by atoms with E-state index in [-0.39, 0.29) is 26.2 Å². The lowest BCUT2D eigenvalue weighted by Crippen LogP contribution is -2.53. The number of carbonyl (C=O) groups is 4. The molecule has 11 nitrogen and oxygen atoms in total. The van der Waals surface area contributed by atoms with Crippen molar-refractivity contribution >= 4 is 40.7 Å². The minimum absolute atomic E-state index is 0.0426. The van der Waals surface area contributed by atoms with Gasteiger partial charge in [-0.25, -0.2) is 14.6 Å². The van der Waals surface area contributed by atoms with Crippen molar-refractivity contribution in [1.82, 2.24) is 15.6 Å². The summed E-state index contributed by atoms with van der Waals surface area (Å²) in [5.74, 6) is -1.57. The van der Waals surface area contributed by atoms with E-state index in [1.54, 1.807) is 0 Å². The highest BCUT2D eigenvalue weighted by Gasteiger charge is 2.44.